The lowest BCUT2D eigenvalue weighted by molar-refractivity contribution is 0.756. The number of para-hydroxylation sites is 1. The van der Waals surface area contributed by atoms with Crippen LogP contribution in [-0.4, -0.2) is 14.3 Å². The quantitative estimate of drug-likeness (QED) is 0.698. The Kier molecular flexibility index (Phi) is 2.86. The lowest BCUT2D eigenvalue weighted by Gasteiger charge is -2.08. The zero-order valence-electron chi connectivity index (χ0n) is 11.3. The number of nitrogens with zero attached hydrogens (tertiary/aromatic N) is 3. The molecule has 98 valence electrons. The highest BCUT2D eigenvalue weighted by atomic mass is 35.5. The van der Waals surface area contributed by atoms with Gasteiger partial charge in [-0.15, -0.1) is 0 Å². The summed E-state index contributed by atoms with van der Waals surface area (Å²) in [6, 6.07) is 10.6. The Morgan fingerprint density at radius 2 is 1.95 bits per heavy atom. The first-order valence-corrected chi connectivity index (χ1v) is 6.68. The monoisotopic (exact) mass is 273 g/mol. The minimum Gasteiger partial charge on any atom is -0.340 e. The van der Waals surface area contributed by atoms with Crippen LogP contribution in [0.1, 0.15) is 17.0 Å². The highest BCUT2D eigenvalue weighted by Crippen LogP contribution is 2.25. The molecule has 0 bridgehead atoms. The maximum absolute atomic E-state index is 6.32. The molecule has 0 amide bonds. The van der Waals surface area contributed by atoms with Crippen molar-refractivity contribution in [1.82, 2.24) is 14.3 Å². The summed E-state index contributed by atoms with van der Waals surface area (Å²) in [5.41, 5.74) is 4.55. The standard InChI is InChI=1S/C15H16ClN3/c1-10-8-12-6-4-5-7-14(12)19(10)9-13-11(2)17-18(3)15(13)16/h4-8H,9H2,1-3H3. The van der Waals surface area contributed by atoms with Crippen molar-refractivity contribution >= 4 is 22.5 Å². The maximum atomic E-state index is 6.32. The first kappa shape index (κ1) is 12.3. The van der Waals surface area contributed by atoms with Crippen LogP contribution < -0.4 is 0 Å². The van der Waals surface area contributed by atoms with Crippen LogP contribution in [0.4, 0.5) is 0 Å². The fraction of sp³-hybridized carbons (Fsp3) is 0.267. The van der Waals surface area contributed by atoms with Gasteiger partial charge in [-0.2, -0.15) is 5.10 Å². The van der Waals surface area contributed by atoms with Gasteiger partial charge in [0.25, 0.3) is 0 Å². The minimum atomic E-state index is 0.717. The average Bonchev–Trinajstić information content (AvgIpc) is 2.82. The Morgan fingerprint density at radius 1 is 1.21 bits per heavy atom. The van der Waals surface area contributed by atoms with E-state index in [4.69, 9.17) is 11.6 Å². The molecule has 2 aromatic heterocycles. The van der Waals surface area contributed by atoms with E-state index in [1.54, 1.807) is 4.68 Å². The van der Waals surface area contributed by atoms with Crippen molar-refractivity contribution in [1.29, 1.82) is 0 Å². The van der Waals surface area contributed by atoms with Crippen molar-refractivity contribution in [2.24, 2.45) is 7.05 Å². The molecule has 3 nitrogen and oxygen atoms in total. The van der Waals surface area contributed by atoms with Gasteiger partial charge in [0.05, 0.1) is 12.2 Å². The van der Waals surface area contributed by atoms with Gasteiger partial charge in [0.2, 0.25) is 0 Å². The number of hydrogen-bond donors (Lipinski definition) is 0. The SMILES string of the molecule is Cc1nn(C)c(Cl)c1Cn1c(C)cc2ccccc21. The highest BCUT2D eigenvalue weighted by Gasteiger charge is 2.14. The summed E-state index contributed by atoms with van der Waals surface area (Å²) in [6.07, 6.45) is 0. The lowest BCUT2D eigenvalue weighted by atomic mass is 10.2. The van der Waals surface area contributed by atoms with E-state index in [1.807, 2.05) is 14.0 Å². The molecule has 19 heavy (non-hydrogen) atoms. The van der Waals surface area contributed by atoms with E-state index in [0.717, 1.165) is 23.0 Å². The second-order valence-corrected chi connectivity index (χ2v) is 5.27. The van der Waals surface area contributed by atoms with Gasteiger partial charge in [-0.3, -0.25) is 4.68 Å². The van der Waals surface area contributed by atoms with Crippen LogP contribution in [0.5, 0.6) is 0 Å². The molecule has 0 N–H and O–H groups in total. The molecule has 3 rings (SSSR count). The predicted molar refractivity (Wildman–Crippen MR) is 78.7 cm³/mol. The number of benzene rings is 1. The van der Waals surface area contributed by atoms with Crippen LogP contribution in [0.2, 0.25) is 5.15 Å². The van der Waals surface area contributed by atoms with Crippen molar-refractivity contribution < 1.29 is 0 Å². The Balaban J connectivity index is 2.13. The van der Waals surface area contributed by atoms with Crippen LogP contribution >= 0.6 is 11.6 Å². The van der Waals surface area contributed by atoms with Gasteiger partial charge in [0.1, 0.15) is 5.15 Å². The molecule has 0 spiro atoms. The molecule has 0 fully saturated rings. The van der Waals surface area contributed by atoms with E-state index < -0.39 is 0 Å². The molecule has 1 aromatic carbocycles. The number of hydrogen-bond acceptors (Lipinski definition) is 1. The summed E-state index contributed by atoms with van der Waals surface area (Å²) in [4.78, 5) is 0. The van der Waals surface area contributed by atoms with E-state index in [1.165, 1.54) is 16.6 Å². The third kappa shape index (κ3) is 1.94. The normalized spacial score (nSPS) is 11.4. The van der Waals surface area contributed by atoms with E-state index in [2.05, 4.69) is 46.9 Å². The highest BCUT2D eigenvalue weighted by molar-refractivity contribution is 6.30. The summed E-state index contributed by atoms with van der Waals surface area (Å²) in [5, 5.41) is 6.35. The molecule has 0 aliphatic heterocycles. The molecule has 0 aliphatic carbocycles. The Labute approximate surface area is 117 Å². The molecule has 0 atom stereocenters. The molecular weight excluding hydrogens is 258 g/mol. The van der Waals surface area contributed by atoms with Crippen LogP contribution in [0.25, 0.3) is 10.9 Å². The summed E-state index contributed by atoms with van der Waals surface area (Å²) in [7, 11) is 1.87. The van der Waals surface area contributed by atoms with E-state index >= 15 is 0 Å². The molecule has 0 saturated heterocycles. The molecule has 3 aromatic rings. The zero-order chi connectivity index (χ0) is 13.6. The van der Waals surface area contributed by atoms with Gasteiger partial charge >= 0.3 is 0 Å². The number of halogens is 1. The van der Waals surface area contributed by atoms with Crippen molar-refractivity contribution in [3.05, 3.63) is 52.4 Å². The average molecular weight is 274 g/mol. The van der Waals surface area contributed by atoms with Gasteiger partial charge < -0.3 is 4.57 Å². The fourth-order valence-corrected chi connectivity index (χ4v) is 2.80. The zero-order valence-corrected chi connectivity index (χ0v) is 12.1. The van der Waals surface area contributed by atoms with Gasteiger partial charge in [-0.25, -0.2) is 0 Å². The largest absolute Gasteiger partial charge is 0.340 e. The second-order valence-electron chi connectivity index (χ2n) is 4.91. The molecule has 0 saturated carbocycles. The summed E-state index contributed by atoms with van der Waals surface area (Å²) in [5.74, 6) is 0. The Hall–Kier alpha value is -1.74. The number of aryl methyl sites for hydroxylation is 3. The second kappa shape index (κ2) is 4.42. The van der Waals surface area contributed by atoms with E-state index in [9.17, 15) is 0 Å². The van der Waals surface area contributed by atoms with Crippen LogP contribution in [0.3, 0.4) is 0 Å². The molecule has 0 radical (unpaired) electrons. The minimum absolute atomic E-state index is 0.717. The molecule has 0 aliphatic rings. The van der Waals surface area contributed by atoms with Crippen LogP contribution in [-0.2, 0) is 13.6 Å². The van der Waals surface area contributed by atoms with Gasteiger partial charge in [0.15, 0.2) is 0 Å². The van der Waals surface area contributed by atoms with Crippen LogP contribution in [0.15, 0.2) is 30.3 Å². The number of fused-ring (bicyclic) bond motifs is 1. The van der Waals surface area contributed by atoms with E-state index in [0.29, 0.717) is 0 Å². The smallest absolute Gasteiger partial charge is 0.131 e. The van der Waals surface area contributed by atoms with Crippen LogP contribution in [0, 0.1) is 13.8 Å². The fourth-order valence-electron chi connectivity index (χ4n) is 2.57. The van der Waals surface area contributed by atoms with Gasteiger partial charge in [0, 0.05) is 23.8 Å². The van der Waals surface area contributed by atoms with Crippen molar-refractivity contribution in [3.8, 4) is 0 Å². The molecule has 2 heterocycles. The number of aromatic nitrogens is 3. The summed E-state index contributed by atoms with van der Waals surface area (Å²) < 4.78 is 4.01. The number of rotatable bonds is 2. The topological polar surface area (TPSA) is 22.8 Å². The van der Waals surface area contributed by atoms with Gasteiger partial charge in [-0.1, -0.05) is 29.8 Å². The first-order chi connectivity index (χ1) is 9.08. The molecule has 4 heteroatoms. The Morgan fingerprint density at radius 3 is 2.63 bits per heavy atom. The first-order valence-electron chi connectivity index (χ1n) is 6.31. The molecular formula is C15H16ClN3. The maximum Gasteiger partial charge on any atom is 0.131 e. The van der Waals surface area contributed by atoms with Crippen molar-refractivity contribution in [3.63, 3.8) is 0 Å². The third-order valence-electron chi connectivity index (χ3n) is 3.60. The third-order valence-corrected chi connectivity index (χ3v) is 4.08. The predicted octanol–water partition coefficient (Wildman–Crippen LogP) is 3.69. The lowest BCUT2D eigenvalue weighted by Crippen LogP contribution is -2.02. The molecule has 0 unspecified atom stereocenters. The summed E-state index contributed by atoms with van der Waals surface area (Å²) in [6.45, 7) is 4.89. The Bertz CT molecular complexity index is 752. The summed E-state index contributed by atoms with van der Waals surface area (Å²) >= 11 is 6.32. The van der Waals surface area contributed by atoms with Crippen molar-refractivity contribution in [2.45, 2.75) is 20.4 Å². The van der Waals surface area contributed by atoms with Gasteiger partial charge in [-0.05, 0) is 31.4 Å². The van der Waals surface area contributed by atoms with Crippen molar-refractivity contribution in [2.75, 3.05) is 0 Å². The van der Waals surface area contributed by atoms with E-state index in [-0.39, 0.29) is 0 Å².